The number of Topliss-reactive ketones (excluding diaryl/α,β-unsaturated/α-hetero) is 2. The van der Waals surface area contributed by atoms with Gasteiger partial charge in [0.2, 0.25) is 0 Å². The van der Waals surface area contributed by atoms with Gasteiger partial charge in [0.25, 0.3) is 0 Å². The minimum atomic E-state index is -1.56. The van der Waals surface area contributed by atoms with Crippen molar-refractivity contribution in [1.29, 1.82) is 0 Å². The molecule has 4 aromatic carbocycles. The molecule has 42 heavy (non-hydrogen) atoms. The maximum atomic E-state index is 14.1. The van der Waals surface area contributed by atoms with Crippen LogP contribution in [0.3, 0.4) is 0 Å². The van der Waals surface area contributed by atoms with Crippen LogP contribution in [0.5, 0.6) is 57.5 Å². The summed E-state index contributed by atoms with van der Waals surface area (Å²) in [4.78, 5) is 27.4. The number of carbonyl (C=O) groups is 2. The van der Waals surface area contributed by atoms with Gasteiger partial charge < -0.3 is 50.3 Å². The lowest BCUT2D eigenvalue weighted by molar-refractivity contribution is 0.0743. The number of hydrogen-bond donors (Lipinski definition) is 8. The van der Waals surface area contributed by atoms with Crippen LogP contribution in [-0.4, -0.2) is 52.4 Å². The molecule has 0 saturated heterocycles. The summed E-state index contributed by atoms with van der Waals surface area (Å²) in [5.41, 5.74) is -0.278. The fourth-order valence-corrected chi connectivity index (χ4v) is 5.29. The first-order valence-electron chi connectivity index (χ1n) is 12.5. The first kappa shape index (κ1) is 26.4. The summed E-state index contributed by atoms with van der Waals surface area (Å²) in [6, 6.07) is 10.4. The highest BCUT2D eigenvalue weighted by atomic mass is 16.5. The van der Waals surface area contributed by atoms with E-state index in [2.05, 4.69) is 0 Å². The number of phenolic OH excluding ortho intramolecular Hbond substituents is 8. The minimum absolute atomic E-state index is 0.125. The number of fused-ring (bicyclic) bond motifs is 2. The maximum Gasteiger partial charge on any atom is 0.178 e. The molecule has 3 unspecified atom stereocenters. The minimum Gasteiger partial charge on any atom is -0.504 e. The Bertz CT molecular complexity index is 1810. The highest BCUT2D eigenvalue weighted by Gasteiger charge is 2.46. The Hall–Kier alpha value is -5.78. The molecular formula is C30H22O12. The van der Waals surface area contributed by atoms with E-state index in [1.807, 2.05) is 0 Å². The zero-order valence-corrected chi connectivity index (χ0v) is 21.3. The Kier molecular flexibility index (Phi) is 5.92. The van der Waals surface area contributed by atoms with Crippen LogP contribution in [0.15, 0.2) is 54.6 Å². The van der Waals surface area contributed by atoms with Gasteiger partial charge in [-0.05, 0) is 47.5 Å². The lowest BCUT2D eigenvalue weighted by atomic mass is 9.78. The van der Waals surface area contributed by atoms with Crippen LogP contribution in [0.4, 0.5) is 0 Å². The van der Waals surface area contributed by atoms with E-state index in [1.54, 1.807) is 0 Å². The third-order valence-corrected chi connectivity index (χ3v) is 7.39. The fourth-order valence-electron chi connectivity index (χ4n) is 5.29. The molecule has 3 atom stereocenters. The Balaban J connectivity index is 1.58. The van der Waals surface area contributed by atoms with Crippen LogP contribution in [0.2, 0.25) is 0 Å². The Morgan fingerprint density at radius 2 is 1.17 bits per heavy atom. The van der Waals surface area contributed by atoms with Gasteiger partial charge in [-0.25, -0.2) is 0 Å². The van der Waals surface area contributed by atoms with Crippen molar-refractivity contribution in [3.8, 4) is 57.5 Å². The number of phenols is 8. The highest BCUT2D eigenvalue weighted by molar-refractivity contribution is 6.08. The summed E-state index contributed by atoms with van der Waals surface area (Å²) in [6.07, 6.45) is -2.67. The molecule has 2 aliphatic rings. The lowest BCUT2D eigenvalue weighted by Crippen LogP contribution is -2.32. The molecule has 0 fully saturated rings. The van der Waals surface area contributed by atoms with Crippen molar-refractivity contribution in [3.05, 3.63) is 82.4 Å². The summed E-state index contributed by atoms with van der Waals surface area (Å²) in [7, 11) is 0. The number of benzene rings is 4. The van der Waals surface area contributed by atoms with Gasteiger partial charge in [-0.2, -0.15) is 0 Å². The van der Waals surface area contributed by atoms with Gasteiger partial charge in [0.15, 0.2) is 57.6 Å². The number of hydrogen-bond acceptors (Lipinski definition) is 12. The molecule has 0 spiro atoms. The van der Waals surface area contributed by atoms with Crippen LogP contribution in [0.25, 0.3) is 0 Å². The van der Waals surface area contributed by atoms with E-state index >= 15 is 0 Å². The van der Waals surface area contributed by atoms with E-state index in [1.165, 1.54) is 24.3 Å². The molecule has 2 aliphatic heterocycles. The largest absolute Gasteiger partial charge is 0.504 e. The Morgan fingerprint density at radius 3 is 1.83 bits per heavy atom. The van der Waals surface area contributed by atoms with E-state index in [-0.39, 0.29) is 40.2 Å². The zero-order chi connectivity index (χ0) is 30.0. The predicted octanol–water partition coefficient (Wildman–Crippen LogP) is 4.14. The first-order chi connectivity index (χ1) is 19.9. The monoisotopic (exact) mass is 574 g/mol. The van der Waals surface area contributed by atoms with Gasteiger partial charge >= 0.3 is 0 Å². The van der Waals surface area contributed by atoms with Crippen molar-refractivity contribution in [2.45, 2.75) is 24.5 Å². The third kappa shape index (κ3) is 4.08. The Morgan fingerprint density at radius 1 is 0.595 bits per heavy atom. The maximum absolute atomic E-state index is 14.1. The molecule has 2 heterocycles. The predicted molar refractivity (Wildman–Crippen MR) is 142 cm³/mol. The average molecular weight is 574 g/mol. The normalized spacial score (nSPS) is 19.4. The second-order valence-electron chi connectivity index (χ2n) is 9.98. The van der Waals surface area contributed by atoms with Crippen LogP contribution in [0, 0.1) is 0 Å². The molecular weight excluding hydrogens is 552 g/mol. The Labute approximate surface area is 236 Å². The van der Waals surface area contributed by atoms with Crippen molar-refractivity contribution in [1.82, 2.24) is 0 Å². The number of ketones is 2. The van der Waals surface area contributed by atoms with Gasteiger partial charge in [0.1, 0.15) is 23.7 Å². The topological polar surface area (TPSA) is 214 Å². The molecule has 214 valence electrons. The van der Waals surface area contributed by atoms with Crippen molar-refractivity contribution in [2.75, 3.05) is 0 Å². The van der Waals surface area contributed by atoms with Gasteiger partial charge in [0.05, 0.1) is 29.0 Å². The second kappa shape index (κ2) is 9.41. The summed E-state index contributed by atoms with van der Waals surface area (Å²) in [5, 5.41) is 81.7. The van der Waals surface area contributed by atoms with Gasteiger partial charge in [-0.15, -0.1) is 0 Å². The van der Waals surface area contributed by atoms with Crippen LogP contribution < -0.4 is 9.47 Å². The molecule has 0 amide bonds. The summed E-state index contributed by atoms with van der Waals surface area (Å²) >= 11 is 0. The molecule has 12 heteroatoms. The summed E-state index contributed by atoms with van der Waals surface area (Å²) in [6.45, 7) is 0. The van der Waals surface area contributed by atoms with E-state index in [9.17, 15) is 50.4 Å². The third-order valence-electron chi connectivity index (χ3n) is 7.39. The van der Waals surface area contributed by atoms with E-state index in [0.717, 1.165) is 30.3 Å². The number of rotatable bonds is 3. The lowest BCUT2D eigenvalue weighted by Gasteiger charge is -2.36. The van der Waals surface area contributed by atoms with Gasteiger partial charge in [-0.1, -0.05) is 12.1 Å². The van der Waals surface area contributed by atoms with Crippen LogP contribution in [-0.2, 0) is 0 Å². The number of aromatic hydroxyl groups is 8. The molecule has 8 N–H and O–H groups in total. The molecule has 0 aliphatic carbocycles. The van der Waals surface area contributed by atoms with Gasteiger partial charge in [0, 0.05) is 6.07 Å². The van der Waals surface area contributed by atoms with Crippen LogP contribution in [0.1, 0.15) is 62.0 Å². The van der Waals surface area contributed by atoms with Crippen molar-refractivity contribution >= 4 is 11.6 Å². The second-order valence-corrected chi connectivity index (χ2v) is 9.98. The molecule has 0 aromatic heterocycles. The summed E-state index contributed by atoms with van der Waals surface area (Å²) < 4.78 is 12.2. The zero-order valence-electron chi connectivity index (χ0n) is 21.3. The molecule has 0 radical (unpaired) electrons. The molecule has 4 aromatic rings. The van der Waals surface area contributed by atoms with Crippen LogP contribution >= 0.6 is 0 Å². The smallest absolute Gasteiger partial charge is 0.178 e. The number of carbonyl (C=O) groups excluding carboxylic acids is 2. The molecule has 12 nitrogen and oxygen atoms in total. The van der Waals surface area contributed by atoms with Gasteiger partial charge in [-0.3, -0.25) is 9.59 Å². The average Bonchev–Trinajstić information content (AvgIpc) is 2.94. The van der Waals surface area contributed by atoms with E-state index in [4.69, 9.17) is 9.47 Å². The molecule has 0 saturated carbocycles. The molecule has 0 bridgehead atoms. The first-order valence-corrected chi connectivity index (χ1v) is 12.5. The highest BCUT2D eigenvalue weighted by Crippen LogP contribution is 2.55. The van der Waals surface area contributed by atoms with Crippen molar-refractivity contribution < 1.29 is 59.9 Å². The quantitative estimate of drug-likeness (QED) is 0.162. The fraction of sp³-hybridized carbons (Fsp3) is 0.133. The van der Waals surface area contributed by atoms with Crippen molar-refractivity contribution in [3.63, 3.8) is 0 Å². The number of ether oxygens (including phenoxy) is 2. The van der Waals surface area contributed by atoms with E-state index in [0.29, 0.717) is 5.56 Å². The standard InChI is InChI=1S/C30H22O12/c31-15-3-1-11(5-18(15)34)23-9-17(33)13-7-22(38)28(40)26(30(13)41-23)25-27(39)14-8-20(36)21(37)10-24(14)42-29(25)12-2-4-16(32)19(35)6-12/h1-8,10,23,25,29,31-32,34-38,40H,9H2. The molecule has 6 rings (SSSR count). The van der Waals surface area contributed by atoms with E-state index < -0.39 is 75.7 Å². The SMILES string of the molecule is O=C1CC(c2ccc(O)c(O)c2)Oc2c1cc(O)c(O)c2C1C(=O)c2cc(O)c(O)cc2OC1c1ccc(O)c(O)c1. The summed E-state index contributed by atoms with van der Waals surface area (Å²) in [5.74, 6) is -7.92. The van der Waals surface area contributed by atoms with Crippen molar-refractivity contribution in [2.24, 2.45) is 0 Å².